The molecule has 134 valence electrons. The zero-order valence-electron chi connectivity index (χ0n) is 15.0. The molecule has 2 heterocycles. The third kappa shape index (κ3) is 3.25. The van der Waals surface area contributed by atoms with Crippen molar-refractivity contribution in [2.45, 2.75) is 6.92 Å². The number of nitrogens with zero attached hydrogens (tertiary/aromatic N) is 4. The van der Waals surface area contributed by atoms with Crippen LogP contribution in [0.25, 0.3) is 10.9 Å². The molecule has 0 aliphatic heterocycles. The summed E-state index contributed by atoms with van der Waals surface area (Å²) < 4.78 is 0. The van der Waals surface area contributed by atoms with Crippen molar-refractivity contribution in [2.24, 2.45) is 0 Å². The van der Waals surface area contributed by atoms with Crippen LogP contribution in [0.15, 0.2) is 73.2 Å². The molecule has 2 aromatic heterocycles. The summed E-state index contributed by atoms with van der Waals surface area (Å²) in [6.45, 7) is 2.80. The van der Waals surface area contributed by atoms with Gasteiger partial charge in [-0.15, -0.1) is 0 Å². The number of aromatic nitrogens is 3. The van der Waals surface area contributed by atoms with Crippen molar-refractivity contribution in [1.82, 2.24) is 15.0 Å². The number of hydrogen-bond acceptors (Lipinski definition) is 6. The first-order valence-electron chi connectivity index (χ1n) is 8.81. The van der Waals surface area contributed by atoms with Crippen molar-refractivity contribution in [3.05, 3.63) is 73.2 Å². The molecule has 0 aliphatic rings. The molecule has 0 saturated carbocycles. The van der Waals surface area contributed by atoms with Crippen LogP contribution in [0, 0.1) is 0 Å². The molecule has 0 saturated heterocycles. The normalized spacial score (nSPS) is 10.7. The summed E-state index contributed by atoms with van der Waals surface area (Å²) in [4.78, 5) is 15.3. The van der Waals surface area contributed by atoms with Crippen LogP contribution in [-0.4, -0.2) is 21.5 Å². The van der Waals surface area contributed by atoms with E-state index in [1.807, 2.05) is 60.7 Å². The predicted molar refractivity (Wildman–Crippen MR) is 111 cm³/mol. The standard InChI is InChI=1S/C21H20N6/c1-2-27(16-10-4-3-5-11-16)21-18(22)20(24-14-25-21)26-17-12-6-8-15-9-7-13-23-19(15)17/h3-14H,2,22H2,1H3,(H,24,25,26). The van der Waals surface area contributed by atoms with Crippen LogP contribution in [0.2, 0.25) is 0 Å². The lowest BCUT2D eigenvalue weighted by Crippen LogP contribution is -2.19. The summed E-state index contributed by atoms with van der Waals surface area (Å²) in [5.41, 5.74) is 9.69. The molecular formula is C21H20N6. The summed E-state index contributed by atoms with van der Waals surface area (Å²) in [5.74, 6) is 1.24. The van der Waals surface area contributed by atoms with Crippen molar-refractivity contribution in [2.75, 3.05) is 22.5 Å². The van der Waals surface area contributed by atoms with E-state index in [0.29, 0.717) is 17.3 Å². The molecule has 27 heavy (non-hydrogen) atoms. The summed E-state index contributed by atoms with van der Waals surface area (Å²) >= 11 is 0. The van der Waals surface area contributed by atoms with Crippen molar-refractivity contribution < 1.29 is 0 Å². The van der Waals surface area contributed by atoms with E-state index in [1.54, 1.807) is 6.20 Å². The van der Waals surface area contributed by atoms with Crippen LogP contribution in [0.3, 0.4) is 0 Å². The van der Waals surface area contributed by atoms with Crippen molar-refractivity contribution >= 4 is 39.6 Å². The Hall–Kier alpha value is -3.67. The highest BCUT2D eigenvalue weighted by Crippen LogP contribution is 2.33. The lowest BCUT2D eigenvalue weighted by Gasteiger charge is -2.24. The smallest absolute Gasteiger partial charge is 0.161 e. The van der Waals surface area contributed by atoms with Crippen LogP contribution < -0.4 is 16.0 Å². The number of para-hydroxylation sites is 2. The van der Waals surface area contributed by atoms with Gasteiger partial charge in [0.1, 0.15) is 12.0 Å². The van der Waals surface area contributed by atoms with Crippen molar-refractivity contribution in [1.29, 1.82) is 0 Å². The second kappa shape index (κ2) is 7.29. The lowest BCUT2D eigenvalue weighted by molar-refractivity contribution is 0.980. The van der Waals surface area contributed by atoms with Crippen molar-refractivity contribution in [3.8, 4) is 0 Å². The molecule has 0 radical (unpaired) electrons. The summed E-state index contributed by atoms with van der Waals surface area (Å²) in [6.07, 6.45) is 3.30. The minimum absolute atomic E-state index is 0.496. The van der Waals surface area contributed by atoms with Crippen LogP contribution in [0.1, 0.15) is 6.92 Å². The molecule has 4 aromatic rings. The minimum atomic E-state index is 0.496. The topological polar surface area (TPSA) is 80.0 Å². The van der Waals surface area contributed by atoms with E-state index in [2.05, 4.69) is 32.1 Å². The summed E-state index contributed by atoms with van der Waals surface area (Å²) in [7, 11) is 0. The van der Waals surface area contributed by atoms with Gasteiger partial charge in [-0.05, 0) is 31.2 Å². The fourth-order valence-corrected chi connectivity index (χ4v) is 3.10. The molecule has 3 N–H and O–H groups in total. The third-order valence-corrected chi connectivity index (χ3v) is 4.39. The molecule has 0 amide bonds. The van der Waals surface area contributed by atoms with Gasteiger partial charge >= 0.3 is 0 Å². The van der Waals surface area contributed by atoms with Gasteiger partial charge < -0.3 is 16.0 Å². The minimum Gasteiger partial charge on any atom is -0.393 e. The van der Waals surface area contributed by atoms with Gasteiger partial charge in [0.2, 0.25) is 0 Å². The average molecular weight is 356 g/mol. The maximum atomic E-state index is 6.44. The van der Waals surface area contributed by atoms with Crippen LogP contribution >= 0.6 is 0 Å². The molecule has 0 atom stereocenters. The number of rotatable bonds is 5. The zero-order valence-corrected chi connectivity index (χ0v) is 15.0. The Labute approximate surface area is 157 Å². The molecule has 0 spiro atoms. The number of hydrogen-bond donors (Lipinski definition) is 2. The highest BCUT2D eigenvalue weighted by Gasteiger charge is 2.16. The number of pyridine rings is 1. The molecule has 4 rings (SSSR count). The van der Waals surface area contributed by atoms with E-state index in [1.165, 1.54) is 6.33 Å². The Morgan fingerprint density at radius 1 is 0.926 bits per heavy atom. The van der Waals surface area contributed by atoms with Gasteiger partial charge in [0.05, 0.1) is 11.2 Å². The molecule has 6 nitrogen and oxygen atoms in total. The second-order valence-corrected chi connectivity index (χ2v) is 6.05. The number of nitrogens with one attached hydrogen (secondary N) is 1. The van der Waals surface area contributed by atoms with E-state index in [0.717, 1.165) is 28.8 Å². The van der Waals surface area contributed by atoms with E-state index in [9.17, 15) is 0 Å². The monoisotopic (exact) mass is 356 g/mol. The van der Waals surface area contributed by atoms with Gasteiger partial charge in [-0.25, -0.2) is 9.97 Å². The van der Waals surface area contributed by atoms with Crippen molar-refractivity contribution in [3.63, 3.8) is 0 Å². The van der Waals surface area contributed by atoms with Gasteiger partial charge in [-0.1, -0.05) is 36.4 Å². The van der Waals surface area contributed by atoms with Gasteiger partial charge in [-0.2, -0.15) is 0 Å². The summed E-state index contributed by atoms with van der Waals surface area (Å²) in [6, 6.07) is 20.0. The van der Waals surface area contributed by atoms with Crippen LogP contribution in [0.4, 0.5) is 28.7 Å². The Balaban J connectivity index is 1.74. The van der Waals surface area contributed by atoms with Gasteiger partial charge in [-0.3, -0.25) is 4.98 Å². The molecule has 0 aliphatic carbocycles. The Bertz CT molecular complexity index is 1060. The zero-order chi connectivity index (χ0) is 18.6. The largest absolute Gasteiger partial charge is 0.393 e. The molecule has 6 heteroatoms. The lowest BCUT2D eigenvalue weighted by atomic mass is 10.2. The van der Waals surface area contributed by atoms with Gasteiger partial charge in [0.25, 0.3) is 0 Å². The number of fused-ring (bicyclic) bond motifs is 1. The first kappa shape index (κ1) is 16.8. The first-order chi connectivity index (χ1) is 13.3. The molecule has 0 fully saturated rings. The maximum Gasteiger partial charge on any atom is 0.161 e. The highest BCUT2D eigenvalue weighted by molar-refractivity contribution is 5.93. The fraction of sp³-hybridized carbons (Fsp3) is 0.0952. The second-order valence-electron chi connectivity index (χ2n) is 6.05. The number of nitrogen functional groups attached to an aromatic ring is 1. The maximum absolute atomic E-state index is 6.44. The van der Waals surface area contributed by atoms with Crippen LogP contribution in [-0.2, 0) is 0 Å². The summed E-state index contributed by atoms with van der Waals surface area (Å²) in [5, 5.41) is 4.37. The number of benzene rings is 2. The average Bonchev–Trinajstić information content (AvgIpc) is 2.72. The third-order valence-electron chi connectivity index (χ3n) is 4.39. The van der Waals surface area contributed by atoms with Gasteiger partial charge in [0, 0.05) is 23.8 Å². The number of anilines is 5. The SMILES string of the molecule is CCN(c1ccccc1)c1ncnc(Nc2cccc3cccnc23)c1N. The van der Waals surface area contributed by atoms with Gasteiger partial charge in [0.15, 0.2) is 11.6 Å². The quantitative estimate of drug-likeness (QED) is 0.548. The molecule has 0 bridgehead atoms. The Kier molecular flexibility index (Phi) is 4.53. The Morgan fingerprint density at radius 3 is 2.56 bits per heavy atom. The predicted octanol–water partition coefficient (Wildman–Crippen LogP) is 4.51. The first-order valence-corrected chi connectivity index (χ1v) is 8.81. The van der Waals surface area contributed by atoms with E-state index in [4.69, 9.17) is 5.73 Å². The van der Waals surface area contributed by atoms with Crippen LogP contribution in [0.5, 0.6) is 0 Å². The van der Waals surface area contributed by atoms with E-state index in [-0.39, 0.29) is 0 Å². The van der Waals surface area contributed by atoms with E-state index < -0.39 is 0 Å². The molecule has 2 aromatic carbocycles. The number of nitrogens with two attached hydrogens (primary N) is 1. The Morgan fingerprint density at radius 2 is 1.74 bits per heavy atom. The fourth-order valence-electron chi connectivity index (χ4n) is 3.10. The van der Waals surface area contributed by atoms with E-state index >= 15 is 0 Å². The highest BCUT2D eigenvalue weighted by atomic mass is 15.2. The molecular weight excluding hydrogens is 336 g/mol. The molecule has 0 unspecified atom stereocenters.